The second-order valence-electron chi connectivity index (χ2n) is 5.12. The summed E-state index contributed by atoms with van der Waals surface area (Å²) in [6, 6.07) is 4.06. The number of hydrogen-bond acceptors (Lipinski definition) is 4. The van der Waals surface area contributed by atoms with E-state index in [1.54, 1.807) is 7.11 Å². The van der Waals surface area contributed by atoms with Crippen molar-refractivity contribution >= 4 is 5.82 Å². The van der Waals surface area contributed by atoms with E-state index in [1.165, 1.54) is 0 Å². The van der Waals surface area contributed by atoms with Gasteiger partial charge in [-0.25, -0.2) is 4.98 Å². The maximum atomic E-state index is 5.71. The van der Waals surface area contributed by atoms with E-state index in [9.17, 15) is 0 Å². The van der Waals surface area contributed by atoms with Gasteiger partial charge in [0.15, 0.2) is 0 Å². The number of pyridine rings is 1. The molecule has 0 spiro atoms. The highest BCUT2D eigenvalue weighted by Crippen LogP contribution is 2.23. The van der Waals surface area contributed by atoms with E-state index in [2.05, 4.69) is 37.1 Å². The molecule has 1 aromatic rings. The number of anilines is 1. The number of rotatable bonds is 5. The molecule has 0 aliphatic carbocycles. The highest BCUT2D eigenvalue weighted by molar-refractivity contribution is 5.41. The minimum absolute atomic E-state index is 0.0306. The molecule has 0 fully saturated rings. The molecule has 0 unspecified atom stereocenters. The fraction of sp³-hybridized carbons (Fsp3) is 0.615. The summed E-state index contributed by atoms with van der Waals surface area (Å²) < 4.78 is 5.00. The topological polar surface area (TPSA) is 60.2 Å². The van der Waals surface area contributed by atoms with Crippen molar-refractivity contribution in [3.63, 3.8) is 0 Å². The van der Waals surface area contributed by atoms with Crippen LogP contribution in [0.3, 0.4) is 0 Å². The normalized spacial score (nSPS) is 11.6. The SMILES string of the molecule is COCCNc1cc(CN)cc(C(C)(C)C)n1. The van der Waals surface area contributed by atoms with Gasteiger partial charge in [0.2, 0.25) is 0 Å². The second-order valence-corrected chi connectivity index (χ2v) is 5.12. The summed E-state index contributed by atoms with van der Waals surface area (Å²) in [5, 5.41) is 3.24. The van der Waals surface area contributed by atoms with Gasteiger partial charge >= 0.3 is 0 Å². The van der Waals surface area contributed by atoms with Crippen molar-refractivity contribution in [1.82, 2.24) is 4.98 Å². The van der Waals surface area contributed by atoms with Crippen molar-refractivity contribution in [2.75, 3.05) is 25.6 Å². The van der Waals surface area contributed by atoms with Crippen molar-refractivity contribution in [1.29, 1.82) is 0 Å². The van der Waals surface area contributed by atoms with Crippen LogP contribution in [0.1, 0.15) is 32.0 Å². The predicted octanol–water partition coefficient (Wildman–Crippen LogP) is 1.90. The molecule has 0 saturated heterocycles. The van der Waals surface area contributed by atoms with Crippen LogP contribution in [0.2, 0.25) is 0 Å². The standard InChI is InChI=1S/C13H23N3O/c1-13(2,3)11-7-10(9-14)8-12(16-11)15-5-6-17-4/h7-8H,5-6,9,14H2,1-4H3,(H,15,16). The Kier molecular flexibility index (Phi) is 4.90. The molecular weight excluding hydrogens is 214 g/mol. The lowest BCUT2D eigenvalue weighted by Crippen LogP contribution is -2.17. The van der Waals surface area contributed by atoms with E-state index in [0.29, 0.717) is 13.2 Å². The molecule has 3 N–H and O–H groups in total. The van der Waals surface area contributed by atoms with E-state index in [4.69, 9.17) is 10.5 Å². The van der Waals surface area contributed by atoms with Crippen molar-refractivity contribution in [2.45, 2.75) is 32.7 Å². The Morgan fingerprint density at radius 2 is 2.06 bits per heavy atom. The van der Waals surface area contributed by atoms with Crippen LogP contribution in [0.5, 0.6) is 0 Å². The van der Waals surface area contributed by atoms with Crippen LogP contribution in [0.15, 0.2) is 12.1 Å². The van der Waals surface area contributed by atoms with Gasteiger partial charge in [-0.1, -0.05) is 20.8 Å². The molecule has 0 saturated carbocycles. The summed E-state index contributed by atoms with van der Waals surface area (Å²) in [7, 11) is 1.69. The van der Waals surface area contributed by atoms with Gasteiger partial charge in [-0.3, -0.25) is 0 Å². The Morgan fingerprint density at radius 3 is 2.59 bits per heavy atom. The molecule has 4 heteroatoms. The monoisotopic (exact) mass is 237 g/mol. The van der Waals surface area contributed by atoms with Crippen LogP contribution >= 0.6 is 0 Å². The summed E-state index contributed by atoms with van der Waals surface area (Å²) in [6.45, 7) is 8.39. The fourth-order valence-corrected chi connectivity index (χ4v) is 1.46. The number of methoxy groups -OCH3 is 1. The van der Waals surface area contributed by atoms with Gasteiger partial charge < -0.3 is 15.8 Å². The first-order valence-corrected chi connectivity index (χ1v) is 5.91. The summed E-state index contributed by atoms with van der Waals surface area (Å²) in [5.74, 6) is 0.870. The average Bonchev–Trinajstić information content (AvgIpc) is 2.28. The highest BCUT2D eigenvalue weighted by atomic mass is 16.5. The number of nitrogens with one attached hydrogen (secondary N) is 1. The number of nitrogens with two attached hydrogens (primary N) is 1. The zero-order chi connectivity index (χ0) is 12.9. The lowest BCUT2D eigenvalue weighted by molar-refractivity contribution is 0.210. The third-order valence-electron chi connectivity index (χ3n) is 2.50. The number of hydrogen-bond donors (Lipinski definition) is 2. The molecule has 0 aromatic carbocycles. The quantitative estimate of drug-likeness (QED) is 0.768. The molecule has 4 nitrogen and oxygen atoms in total. The van der Waals surface area contributed by atoms with Crippen molar-refractivity contribution in [3.8, 4) is 0 Å². The lowest BCUT2D eigenvalue weighted by Gasteiger charge is -2.20. The third kappa shape index (κ3) is 4.32. The summed E-state index contributed by atoms with van der Waals surface area (Å²) in [4.78, 5) is 4.60. The molecule has 1 rings (SSSR count). The van der Waals surface area contributed by atoms with Crippen molar-refractivity contribution in [3.05, 3.63) is 23.4 Å². The molecule has 0 amide bonds. The van der Waals surface area contributed by atoms with Crippen LogP contribution in [0, 0.1) is 0 Å². The zero-order valence-electron chi connectivity index (χ0n) is 11.2. The molecule has 0 radical (unpaired) electrons. The summed E-state index contributed by atoms with van der Waals surface area (Å²) in [6.07, 6.45) is 0. The second kappa shape index (κ2) is 5.98. The lowest BCUT2D eigenvalue weighted by atomic mass is 9.91. The van der Waals surface area contributed by atoms with Gasteiger partial charge in [0.25, 0.3) is 0 Å². The van der Waals surface area contributed by atoms with E-state index in [-0.39, 0.29) is 5.41 Å². The molecule has 1 heterocycles. The summed E-state index contributed by atoms with van der Waals surface area (Å²) >= 11 is 0. The Morgan fingerprint density at radius 1 is 1.35 bits per heavy atom. The zero-order valence-corrected chi connectivity index (χ0v) is 11.2. The van der Waals surface area contributed by atoms with Crippen molar-refractivity contribution in [2.24, 2.45) is 5.73 Å². The van der Waals surface area contributed by atoms with E-state index in [0.717, 1.165) is 23.6 Å². The predicted molar refractivity (Wildman–Crippen MR) is 71.2 cm³/mol. The van der Waals surface area contributed by atoms with Gasteiger partial charge in [-0.05, 0) is 17.7 Å². The van der Waals surface area contributed by atoms with Crippen LogP contribution in [-0.2, 0) is 16.7 Å². The van der Waals surface area contributed by atoms with Gasteiger partial charge in [-0.2, -0.15) is 0 Å². The van der Waals surface area contributed by atoms with Gasteiger partial charge in [0.1, 0.15) is 5.82 Å². The Bertz CT molecular complexity index is 358. The fourth-order valence-electron chi connectivity index (χ4n) is 1.46. The first kappa shape index (κ1) is 13.9. The molecule has 1 aromatic heterocycles. The first-order valence-electron chi connectivity index (χ1n) is 5.91. The molecule has 0 bridgehead atoms. The van der Waals surface area contributed by atoms with Gasteiger partial charge in [0.05, 0.1) is 6.61 Å². The molecular formula is C13H23N3O. The minimum Gasteiger partial charge on any atom is -0.383 e. The van der Waals surface area contributed by atoms with Gasteiger partial charge in [-0.15, -0.1) is 0 Å². The van der Waals surface area contributed by atoms with E-state index >= 15 is 0 Å². The minimum atomic E-state index is 0.0306. The largest absolute Gasteiger partial charge is 0.383 e. The molecule has 17 heavy (non-hydrogen) atoms. The number of nitrogens with zero attached hydrogens (tertiary/aromatic N) is 1. The van der Waals surface area contributed by atoms with Crippen LogP contribution in [0.4, 0.5) is 5.82 Å². The smallest absolute Gasteiger partial charge is 0.126 e. The number of ether oxygens (including phenoxy) is 1. The molecule has 0 aliphatic rings. The van der Waals surface area contributed by atoms with Gasteiger partial charge in [0, 0.05) is 31.3 Å². The number of aromatic nitrogens is 1. The maximum absolute atomic E-state index is 5.71. The average molecular weight is 237 g/mol. The highest BCUT2D eigenvalue weighted by Gasteiger charge is 2.16. The third-order valence-corrected chi connectivity index (χ3v) is 2.50. The van der Waals surface area contributed by atoms with E-state index < -0.39 is 0 Å². The van der Waals surface area contributed by atoms with E-state index in [1.807, 2.05) is 6.07 Å². The Labute approximate surface area is 104 Å². The van der Waals surface area contributed by atoms with Crippen LogP contribution in [0.25, 0.3) is 0 Å². The Hall–Kier alpha value is -1.13. The van der Waals surface area contributed by atoms with Crippen LogP contribution in [-0.4, -0.2) is 25.2 Å². The summed E-state index contributed by atoms with van der Waals surface area (Å²) in [5.41, 5.74) is 7.89. The molecule has 96 valence electrons. The first-order chi connectivity index (χ1) is 7.97. The molecule has 0 atom stereocenters. The molecule has 0 aliphatic heterocycles. The Balaban J connectivity index is 2.89. The van der Waals surface area contributed by atoms with Crippen LogP contribution < -0.4 is 11.1 Å². The van der Waals surface area contributed by atoms with Crippen molar-refractivity contribution < 1.29 is 4.74 Å². The maximum Gasteiger partial charge on any atom is 0.126 e.